The van der Waals surface area contributed by atoms with Crippen molar-refractivity contribution in [2.24, 2.45) is 0 Å². The van der Waals surface area contributed by atoms with Gasteiger partial charge in [0.05, 0.1) is 16.1 Å². The summed E-state index contributed by atoms with van der Waals surface area (Å²) in [5.74, 6) is 0. The average molecular weight is 280 g/mol. The molecule has 0 bridgehead atoms. The monoisotopic (exact) mass is 279 g/mol. The Kier molecular flexibility index (Phi) is 4.15. The maximum atomic E-state index is 6.22. The summed E-state index contributed by atoms with van der Waals surface area (Å²) in [5.41, 5.74) is 3.33. The molecule has 1 N–H and O–H groups in total. The molecule has 0 aliphatic carbocycles. The summed E-state index contributed by atoms with van der Waals surface area (Å²) < 4.78 is 0. The molecule has 1 nitrogen and oxygen atoms in total. The maximum Gasteiger partial charge on any atom is 0.0644 e. The summed E-state index contributed by atoms with van der Waals surface area (Å²) in [4.78, 5) is 0. The molecule has 0 radical (unpaired) electrons. The molecule has 1 atom stereocenters. The van der Waals surface area contributed by atoms with Gasteiger partial charge in [-0.2, -0.15) is 0 Å². The van der Waals surface area contributed by atoms with E-state index in [0.29, 0.717) is 10.0 Å². The molecular formula is C15H15Cl2N. The number of aryl methyl sites for hydroxylation is 1. The molecule has 0 aliphatic rings. The third kappa shape index (κ3) is 2.80. The highest BCUT2D eigenvalue weighted by molar-refractivity contribution is 6.42. The van der Waals surface area contributed by atoms with Crippen molar-refractivity contribution in [1.29, 1.82) is 0 Å². The van der Waals surface area contributed by atoms with Crippen LogP contribution in [-0.4, -0.2) is 0 Å². The Bertz CT molecular complexity index is 552. The highest BCUT2D eigenvalue weighted by atomic mass is 35.5. The maximum absolute atomic E-state index is 6.22. The third-order valence-corrected chi connectivity index (χ3v) is 3.80. The smallest absolute Gasteiger partial charge is 0.0644 e. The topological polar surface area (TPSA) is 12.0 Å². The van der Waals surface area contributed by atoms with Crippen LogP contribution in [0, 0.1) is 6.92 Å². The summed E-state index contributed by atoms with van der Waals surface area (Å²) in [6, 6.07) is 14.0. The van der Waals surface area contributed by atoms with Gasteiger partial charge < -0.3 is 5.32 Å². The lowest BCUT2D eigenvalue weighted by atomic mass is 10.1. The fraction of sp³-hybridized carbons (Fsp3) is 0.200. The van der Waals surface area contributed by atoms with Gasteiger partial charge in [-0.05, 0) is 37.1 Å². The second-order valence-electron chi connectivity index (χ2n) is 4.32. The van der Waals surface area contributed by atoms with Crippen molar-refractivity contribution in [2.75, 3.05) is 5.32 Å². The molecule has 0 heterocycles. The van der Waals surface area contributed by atoms with Gasteiger partial charge in [0.1, 0.15) is 0 Å². The van der Waals surface area contributed by atoms with Gasteiger partial charge in [0.2, 0.25) is 0 Å². The van der Waals surface area contributed by atoms with Crippen LogP contribution in [0.3, 0.4) is 0 Å². The van der Waals surface area contributed by atoms with Crippen LogP contribution in [0.2, 0.25) is 10.0 Å². The Hall–Kier alpha value is -1.18. The normalized spacial score (nSPS) is 12.2. The van der Waals surface area contributed by atoms with Crippen LogP contribution in [0.1, 0.15) is 24.1 Å². The molecule has 1 unspecified atom stereocenters. The van der Waals surface area contributed by atoms with Crippen molar-refractivity contribution in [3.63, 3.8) is 0 Å². The molecule has 2 aromatic rings. The van der Waals surface area contributed by atoms with Gasteiger partial charge in [0.25, 0.3) is 0 Å². The number of para-hydroxylation sites is 1. The van der Waals surface area contributed by atoms with E-state index >= 15 is 0 Å². The average Bonchev–Trinajstić information content (AvgIpc) is 2.35. The molecule has 0 amide bonds. The fourth-order valence-electron chi connectivity index (χ4n) is 1.90. The first kappa shape index (κ1) is 13.3. The SMILES string of the molecule is Cc1ccccc1NC(C)c1cccc(Cl)c1Cl. The van der Waals surface area contributed by atoms with Gasteiger partial charge in [0, 0.05) is 5.69 Å². The highest BCUT2D eigenvalue weighted by Gasteiger charge is 2.12. The minimum Gasteiger partial charge on any atom is -0.378 e. The van der Waals surface area contributed by atoms with E-state index in [-0.39, 0.29) is 6.04 Å². The zero-order valence-corrected chi connectivity index (χ0v) is 11.9. The van der Waals surface area contributed by atoms with Gasteiger partial charge in [-0.15, -0.1) is 0 Å². The number of rotatable bonds is 3. The molecule has 0 aliphatic heterocycles. The van der Waals surface area contributed by atoms with Crippen molar-refractivity contribution in [1.82, 2.24) is 0 Å². The minimum atomic E-state index is 0.109. The molecule has 0 spiro atoms. The van der Waals surface area contributed by atoms with Crippen LogP contribution in [0.5, 0.6) is 0 Å². The van der Waals surface area contributed by atoms with Crippen LogP contribution >= 0.6 is 23.2 Å². The number of hydrogen-bond acceptors (Lipinski definition) is 1. The zero-order valence-electron chi connectivity index (χ0n) is 10.4. The zero-order chi connectivity index (χ0) is 13.1. The van der Waals surface area contributed by atoms with Crippen LogP contribution in [0.25, 0.3) is 0 Å². The Balaban J connectivity index is 2.25. The van der Waals surface area contributed by atoms with Gasteiger partial charge in [0.15, 0.2) is 0 Å². The number of anilines is 1. The standard InChI is InChI=1S/C15H15Cl2N/c1-10-6-3-4-9-14(10)18-11(2)12-7-5-8-13(16)15(12)17/h3-9,11,18H,1-2H3. The van der Waals surface area contributed by atoms with Crippen LogP contribution in [0.15, 0.2) is 42.5 Å². The summed E-state index contributed by atoms with van der Waals surface area (Å²) in [6.45, 7) is 4.15. The largest absolute Gasteiger partial charge is 0.378 e. The van der Waals surface area contributed by atoms with E-state index in [1.807, 2.05) is 24.3 Å². The van der Waals surface area contributed by atoms with E-state index in [4.69, 9.17) is 23.2 Å². The van der Waals surface area contributed by atoms with Crippen molar-refractivity contribution in [3.05, 3.63) is 63.6 Å². The van der Waals surface area contributed by atoms with Crippen molar-refractivity contribution in [2.45, 2.75) is 19.9 Å². The van der Waals surface area contributed by atoms with Crippen LogP contribution in [-0.2, 0) is 0 Å². The Morgan fingerprint density at radius 3 is 2.44 bits per heavy atom. The first-order valence-electron chi connectivity index (χ1n) is 5.85. The molecule has 2 aromatic carbocycles. The Morgan fingerprint density at radius 2 is 1.72 bits per heavy atom. The summed E-state index contributed by atoms with van der Waals surface area (Å²) in [5, 5.41) is 4.66. The van der Waals surface area contributed by atoms with Gasteiger partial charge >= 0.3 is 0 Å². The van der Waals surface area contributed by atoms with E-state index in [0.717, 1.165) is 11.3 Å². The van der Waals surface area contributed by atoms with Gasteiger partial charge in [-0.1, -0.05) is 53.5 Å². The van der Waals surface area contributed by atoms with Crippen molar-refractivity contribution < 1.29 is 0 Å². The summed E-state index contributed by atoms with van der Waals surface area (Å²) in [6.07, 6.45) is 0. The molecule has 0 saturated carbocycles. The highest BCUT2D eigenvalue weighted by Crippen LogP contribution is 2.31. The molecular weight excluding hydrogens is 265 g/mol. The van der Waals surface area contributed by atoms with Crippen molar-refractivity contribution >= 4 is 28.9 Å². The van der Waals surface area contributed by atoms with E-state index < -0.39 is 0 Å². The van der Waals surface area contributed by atoms with Crippen LogP contribution < -0.4 is 5.32 Å². The lowest BCUT2D eigenvalue weighted by Crippen LogP contribution is -2.08. The molecule has 3 heteroatoms. The number of halogens is 2. The molecule has 0 fully saturated rings. The number of nitrogens with one attached hydrogen (secondary N) is 1. The third-order valence-electron chi connectivity index (χ3n) is 2.97. The molecule has 18 heavy (non-hydrogen) atoms. The van der Waals surface area contributed by atoms with Gasteiger partial charge in [-0.3, -0.25) is 0 Å². The predicted octanol–water partition coefficient (Wildman–Crippen LogP) is 5.47. The van der Waals surface area contributed by atoms with E-state index in [1.54, 1.807) is 6.07 Å². The molecule has 94 valence electrons. The Morgan fingerprint density at radius 1 is 1.00 bits per heavy atom. The number of benzene rings is 2. The van der Waals surface area contributed by atoms with E-state index in [2.05, 4.69) is 31.3 Å². The summed E-state index contributed by atoms with van der Waals surface area (Å²) in [7, 11) is 0. The van der Waals surface area contributed by atoms with E-state index in [1.165, 1.54) is 5.56 Å². The van der Waals surface area contributed by atoms with E-state index in [9.17, 15) is 0 Å². The first-order valence-corrected chi connectivity index (χ1v) is 6.61. The molecule has 0 saturated heterocycles. The quantitative estimate of drug-likeness (QED) is 0.785. The molecule has 2 rings (SSSR count). The second kappa shape index (κ2) is 5.64. The van der Waals surface area contributed by atoms with Gasteiger partial charge in [-0.25, -0.2) is 0 Å². The fourth-order valence-corrected chi connectivity index (χ4v) is 2.37. The molecule has 0 aromatic heterocycles. The Labute approximate surface area is 118 Å². The number of hydrogen-bond donors (Lipinski definition) is 1. The lowest BCUT2D eigenvalue weighted by molar-refractivity contribution is 0.883. The second-order valence-corrected chi connectivity index (χ2v) is 5.11. The minimum absolute atomic E-state index is 0.109. The van der Waals surface area contributed by atoms with Crippen molar-refractivity contribution in [3.8, 4) is 0 Å². The van der Waals surface area contributed by atoms with Crippen LogP contribution in [0.4, 0.5) is 5.69 Å². The first-order chi connectivity index (χ1) is 8.59. The summed E-state index contributed by atoms with van der Waals surface area (Å²) >= 11 is 12.3. The lowest BCUT2D eigenvalue weighted by Gasteiger charge is -2.19. The predicted molar refractivity (Wildman–Crippen MR) is 79.7 cm³/mol.